The molecule has 1 aliphatic heterocycles. The molecule has 3 rings (SSSR count). The lowest BCUT2D eigenvalue weighted by Crippen LogP contribution is -2.48. The molecule has 2 aromatic rings. The molecule has 25 heavy (non-hydrogen) atoms. The number of halogens is 3. The number of benzene rings is 1. The molecule has 2 heterocycles. The molecular weight excluding hydrogens is 337 g/mol. The molecule has 1 aromatic carbocycles. The lowest BCUT2D eigenvalue weighted by Gasteiger charge is -2.35. The van der Waals surface area contributed by atoms with Crippen molar-refractivity contribution in [3.63, 3.8) is 0 Å². The van der Waals surface area contributed by atoms with Gasteiger partial charge in [0, 0.05) is 24.3 Å². The summed E-state index contributed by atoms with van der Waals surface area (Å²) < 4.78 is 46.2. The second-order valence-electron chi connectivity index (χ2n) is 6.14. The van der Waals surface area contributed by atoms with E-state index in [2.05, 4.69) is 4.98 Å². The summed E-state index contributed by atoms with van der Waals surface area (Å²) in [5.74, 6) is -6.03. The molecule has 2 N–H and O–H groups in total. The highest BCUT2D eigenvalue weighted by molar-refractivity contribution is 5.93. The molecular formula is C17H17F3N2O3. The Morgan fingerprint density at radius 3 is 2.48 bits per heavy atom. The highest BCUT2D eigenvalue weighted by Crippen LogP contribution is 2.32. The summed E-state index contributed by atoms with van der Waals surface area (Å²) in [6, 6.07) is 3.43. The third kappa shape index (κ3) is 3.21. The van der Waals surface area contributed by atoms with Gasteiger partial charge >= 0.3 is 0 Å². The molecule has 0 spiro atoms. The van der Waals surface area contributed by atoms with Crippen LogP contribution >= 0.6 is 0 Å². The summed E-state index contributed by atoms with van der Waals surface area (Å²) >= 11 is 0. The van der Waals surface area contributed by atoms with Crippen molar-refractivity contribution >= 4 is 5.91 Å². The molecule has 134 valence electrons. The van der Waals surface area contributed by atoms with Gasteiger partial charge in [-0.05, 0) is 32.0 Å². The average Bonchev–Trinajstić information content (AvgIpc) is 3.04. The van der Waals surface area contributed by atoms with Crippen LogP contribution in [0, 0.1) is 17.5 Å². The number of rotatable bonds is 2. The molecule has 1 aliphatic rings. The molecule has 0 saturated carbocycles. The van der Waals surface area contributed by atoms with Gasteiger partial charge in [-0.1, -0.05) is 0 Å². The normalized spacial score (nSPS) is 20.8. The van der Waals surface area contributed by atoms with Crippen LogP contribution in [0.4, 0.5) is 13.2 Å². The smallest absolute Gasteiger partial charge is 0.270 e. The van der Waals surface area contributed by atoms with Crippen LogP contribution in [-0.4, -0.2) is 46.2 Å². The molecule has 8 heteroatoms. The Morgan fingerprint density at radius 2 is 1.84 bits per heavy atom. The first-order valence-corrected chi connectivity index (χ1v) is 7.78. The van der Waals surface area contributed by atoms with Gasteiger partial charge in [-0.25, -0.2) is 8.78 Å². The van der Waals surface area contributed by atoms with Crippen molar-refractivity contribution in [2.75, 3.05) is 13.1 Å². The van der Waals surface area contributed by atoms with Crippen LogP contribution in [0.5, 0.6) is 5.75 Å². The zero-order valence-electron chi connectivity index (χ0n) is 13.6. The monoisotopic (exact) mass is 354 g/mol. The molecule has 0 bridgehead atoms. The summed E-state index contributed by atoms with van der Waals surface area (Å²) in [5, 5.41) is 9.31. The van der Waals surface area contributed by atoms with E-state index in [1.807, 2.05) is 13.8 Å². The molecule has 5 nitrogen and oxygen atoms in total. The lowest BCUT2D eigenvalue weighted by atomic mass is 10.1. The third-order valence-corrected chi connectivity index (χ3v) is 4.05. The minimum Gasteiger partial charge on any atom is -0.503 e. The van der Waals surface area contributed by atoms with Crippen molar-refractivity contribution in [3.8, 4) is 17.0 Å². The number of aromatic nitrogens is 1. The van der Waals surface area contributed by atoms with Gasteiger partial charge in [-0.3, -0.25) is 4.79 Å². The van der Waals surface area contributed by atoms with Crippen molar-refractivity contribution < 1.29 is 27.8 Å². The molecule has 1 fully saturated rings. The maximum atomic E-state index is 14.0. The average molecular weight is 354 g/mol. The van der Waals surface area contributed by atoms with Crippen molar-refractivity contribution in [2.24, 2.45) is 0 Å². The van der Waals surface area contributed by atoms with Gasteiger partial charge in [0.15, 0.2) is 17.4 Å². The summed E-state index contributed by atoms with van der Waals surface area (Å²) in [4.78, 5) is 16.9. The number of morpholine rings is 1. The molecule has 2 atom stereocenters. The summed E-state index contributed by atoms with van der Waals surface area (Å²) in [7, 11) is 0. The fraction of sp³-hybridized carbons (Fsp3) is 0.353. The molecule has 1 saturated heterocycles. The van der Waals surface area contributed by atoms with Crippen LogP contribution in [0.3, 0.4) is 0 Å². The fourth-order valence-corrected chi connectivity index (χ4v) is 2.98. The van der Waals surface area contributed by atoms with E-state index in [0.29, 0.717) is 19.2 Å². The van der Waals surface area contributed by atoms with E-state index >= 15 is 0 Å². The Balaban J connectivity index is 1.89. The number of hydrogen-bond donors (Lipinski definition) is 2. The molecule has 0 aliphatic carbocycles. The van der Waals surface area contributed by atoms with Crippen molar-refractivity contribution in [1.82, 2.24) is 9.88 Å². The summed E-state index contributed by atoms with van der Waals surface area (Å²) in [5.41, 5.74) is -0.122. The van der Waals surface area contributed by atoms with Crippen molar-refractivity contribution in [3.05, 3.63) is 41.3 Å². The number of ether oxygens (including phenoxy) is 1. The van der Waals surface area contributed by atoms with Gasteiger partial charge < -0.3 is 19.7 Å². The number of nitrogens with one attached hydrogen (secondary N) is 1. The van der Waals surface area contributed by atoms with Gasteiger partial charge in [0.1, 0.15) is 5.69 Å². The van der Waals surface area contributed by atoms with Gasteiger partial charge in [0.25, 0.3) is 5.91 Å². The summed E-state index contributed by atoms with van der Waals surface area (Å²) in [6.45, 7) is 4.54. The largest absolute Gasteiger partial charge is 0.503 e. The molecule has 1 amide bonds. The van der Waals surface area contributed by atoms with E-state index in [1.54, 1.807) is 4.90 Å². The highest BCUT2D eigenvalue weighted by Gasteiger charge is 2.28. The van der Waals surface area contributed by atoms with Gasteiger partial charge in [-0.2, -0.15) is 4.39 Å². The Morgan fingerprint density at radius 1 is 1.20 bits per heavy atom. The second-order valence-corrected chi connectivity index (χ2v) is 6.14. The zero-order chi connectivity index (χ0) is 18.3. The molecule has 1 aromatic heterocycles. The van der Waals surface area contributed by atoms with Gasteiger partial charge in [0.05, 0.1) is 12.2 Å². The number of phenolic OH excluding ortho intramolecular Hbond substituents is 1. The SMILES string of the molecule is C[C@@H]1CN(C(=O)c2ccc(-c3cc(F)c(F)c(O)c3F)[nH]2)C[C@H](C)O1. The van der Waals surface area contributed by atoms with Crippen LogP contribution in [0.15, 0.2) is 18.2 Å². The van der Waals surface area contributed by atoms with Gasteiger partial charge in [-0.15, -0.1) is 0 Å². The Hall–Kier alpha value is -2.48. The number of carbonyl (C=O) groups excluding carboxylic acids is 1. The van der Waals surface area contributed by atoms with E-state index in [9.17, 15) is 23.1 Å². The van der Waals surface area contributed by atoms with E-state index in [-0.39, 0.29) is 35.1 Å². The topological polar surface area (TPSA) is 65.6 Å². The number of hydrogen-bond acceptors (Lipinski definition) is 3. The molecule has 0 radical (unpaired) electrons. The van der Waals surface area contributed by atoms with Crippen molar-refractivity contribution in [2.45, 2.75) is 26.1 Å². The van der Waals surface area contributed by atoms with Crippen LogP contribution in [-0.2, 0) is 4.74 Å². The number of H-pyrrole nitrogens is 1. The maximum absolute atomic E-state index is 14.0. The lowest BCUT2D eigenvalue weighted by molar-refractivity contribution is -0.0587. The van der Waals surface area contributed by atoms with E-state index in [1.165, 1.54) is 12.1 Å². The Bertz CT molecular complexity index is 812. The second kappa shape index (κ2) is 6.44. The van der Waals surface area contributed by atoms with Crippen molar-refractivity contribution in [1.29, 1.82) is 0 Å². The number of amides is 1. The number of aromatic amines is 1. The predicted octanol–water partition coefficient (Wildman–Crippen LogP) is 3.05. The highest BCUT2D eigenvalue weighted by atomic mass is 19.2. The third-order valence-electron chi connectivity index (χ3n) is 4.05. The molecule has 0 unspecified atom stereocenters. The fourth-order valence-electron chi connectivity index (χ4n) is 2.98. The Labute approximate surface area is 142 Å². The van der Waals surface area contributed by atoms with Crippen LogP contribution in [0.25, 0.3) is 11.3 Å². The predicted molar refractivity (Wildman–Crippen MR) is 83.7 cm³/mol. The minimum atomic E-state index is -1.65. The van der Waals surface area contributed by atoms with E-state index in [4.69, 9.17) is 4.74 Å². The van der Waals surface area contributed by atoms with Crippen LogP contribution in [0.2, 0.25) is 0 Å². The van der Waals surface area contributed by atoms with Crippen LogP contribution < -0.4 is 0 Å². The summed E-state index contributed by atoms with van der Waals surface area (Å²) in [6.07, 6.45) is -0.217. The first-order valence-electron chi connectivity index (χ1n) is 7.78. The standard InChI is InChI=1S/C17H17F3N2O3/c1-8-6-22(7-9(2)25-8)17(24)13-4-3-12(21-13)10-5-11(18)15(20)16(23)14(10)19/h3-5,8-9,21,23H,6-7H2,1-2H3/t8-,9+. The number of carbonyl (C=O) groups is 1. The van der Waals surface area contributed by atoms with E-state index < -0.39 is 23.2 Å². The first kappa shape index (κ1) is 17.3. The minimum absolute atomic E-state index is 0.0596. The number of aromatic hydroxyl groups is 1. The number of nitrogens with zero attached hydrogens (tertiary/aromatic N) is 1. The Kier molecular flexibility index (Phi) is 4.47. The van der Waals surface area contributed by atoms with E-state index in [0.717, 1.165) is 0 Å². The maximum Gasteiger partial charge on any atom is 0.270 e. The quantitative estimate of drug-likeness (QED) is 0.815. The first-order chi connectivity index (χ1) is 11.8. The zero-order valence-corrected chi connectivity index (χ0v) is 13.6. The number of phenols is 1. The van der Waals surface area contributed by atoms with Crippen LogP contribution in [0.1, 0.15) is 24.3 Å². The van der Waals surface area contributed by atoms with Gasteiger partial charge in [0.2, 0.25) is 5.82 Å².